The van der Waals surface area contributed by atoms with Crippen LogP contribution in [0.1, 0.15) is 40.6 Å². The maximum absolute atomic E-state index is 12.0. The highest BCUT2D eigenvalue weighted by Gasteiger charge is 2.27. The number of thiophene rings is 1. The minimum atomic E-state index is -1.83. The van der Waals surface area contributed by atoms with E-state index in [1.807, 2.05) is 0 Å². The number of hydrogen-bond donors (Lipinski definition) is 1. The van der Waals surface area contributed by atoms with Gasteiger partial charge in [-0.3, -0.25) is 4.79 Å². The highest BCUT2D eigenvalue weighted by atomic mass is 32.1. The van der Waals surface area contributed by atoms with E-state index in [4.69, 9.17) is 4.74 Å². The summed E-state index contributed by atoms with van der Waals surface area (Å²) in [6, 6.07) is 0. The Hall–Kier alpha value is -1.89. The van der Waals surface area contributed by atoms with Crippen molar-refractivity contribution in [3.8, 4) is 0 Å². The normalized spacial score (nSPS) is 13.4. The van der Waals surface area contributed by atoms with Gasteiger partial charge in [0, 0.05) is 4.88 Å². The van der Waals surface area contributed by atoms with Crippen LogP contribution < -0.4 is 10.4 Å². The fraction of sp³-hybridized carbons (Fsp3) is 0.462. The third-order valence-electron chi connectivity index (χ3n) is 3.06. The molecule has 0 fully saturated rings. The minimum Gasteiger partial charge on any atom is -0.540 e. The molecule has 108 valence electrons. The molecule has 0 saturated heterocycles. The van der Waals surface area contributed by atoms with E-state index in [0.717, 1.165) is 36.1 Å². The fourth-order valence-corrected chi connectivity index (χ4v) is 3.50. The molecule has 1 aliphatic carbocycles. The number of aliphatic carboxylic acids is 1. The smallest absolute Gasteiger partial charge is 0.341 e. The largest absolute Gasteiger partial charge is 0.540 e. The Bertz CT molecular complexity index is 563. The summed E-state index contributed by atoms with van der Waals surface area (Å²) in [5, 5.41) is 13.0. The van der Waals surface area contributed by atoms with Crippen molar-refractivity contribution >= 4 is 34.2 Å². The summed E-state index contributed by atoms with van der Waals surface area (Å²) in [6.45, 7) is 1.91. The Labute approximate surface area is 119 Å². The lowest BCUT2D eigenvalue weighted by Crippen LogP contribution is -2.36. The number of esters is 1. The Kier molecular flexibility index (Phi) is 4.39. The topological polar surface area (TPSA) is 95.5 Å². The summed E-state index contributed by atoms with van der Waals surface area (Å²) in [6.07, 6.45) is 3.54. The number of carbonyl (C=O) groups is 3. The summed E-state index contributed by atoms with van der Waals surface area (Å²) in [7, 11) is 0. The molecule has 2 rings (SSSR count). The molecule has 0 bridgehead atoms. The van der Waals surface area contributed by atoms with E-state index >= 15 is 0 Å². The van der Waals surface area contributed by atoms with Gasteiger partial charge in [0.25, 0.3) is 5.91 Å². The zero-order chi connectivity index (χ0) is 14.7. The van der Waals surface area contributed by atoms with Gasteiger partial charge in [-0.2, -0.15) is 0 Å². The van der Waals surface area contributed by atoms with Crippen LogP contribution in [-0.2, 0) is 27.2 Å². The van der Waals surface area contributed by atoms with E-state index in [9.17, 15) is 19.5 Å². The van der Waals surface area contributed by atoms with Crippen LogP contribution in [-0.4, -0.2) is 24.5 Å². The number of hydrogen-bond acceptors (Lipinski definition) is 6. The summed E-state index contributed by atoms with van der Waals surface area (Å²) >= 11 is 1.24. The summed E-state index contributed by atoms with van der Waals surface area (Å²) < 4.78 is 4.99. The Morgan fingerprint density at radius 1 is 1.30 bits per heavy atom. The van der Waals surface area contributed by atoms with Crippen molar-refractivity contribution in [2.75, 3.05) is 11.9 Å². The van der Waals surface area contributed by atoms with Gasteiger partial charge in [-0.15, -0.1) is 11.3 Å². The number of fused-ring (bicyclic) bond motifs is 1. The van der Waals surface area contributed by atoms with Crippen LogP contribution in [0.5, 0.6) is 0 Å². The fourth-order valence-electron chi connectivity index (χ4n) is 2.23. The molecule has 0 aliphatic heterocycles. The molecular weight excluding hydrogens is 282 g/mol. The molecule has 6 nitrogen and oxygen atoms in total. The molecule has 7 heteroatoms. The SMILES string of the molecule is CCOC(=O)c1c(NC(=O)C(=O)[O-])sc2c1CCCC2. The Morgan fingerprint density at radius 3 is 2.65 bits per heavy atom. The van der Waals surface area contributed by atoms with E-state index in [1.165, 1.54) is 11.3 Å². The molecule has 0 spiro atoms. The predicted molar refractivity (Wildman–Crippen MR) is 70.6 cm³/mol. The number of carboxylic acids is 1. The van der Waals surface area contributed by atoms with Gasteiger partial charge in [-0.25, -0.2) is 4.79 Å². The van der Waals surface area contributed by atoms with Gasteiger partial charge in [0.15, 0.2) is 0 Å². The molecule has 0 unspecified atom stereocenters. The Balaban J connectivity index is 2.39. The van der Waals surface area contributed by atoms with Gasteiger partial charge in [0.1, 0.15) is 11.0 Å². The first kappa shape index (κ1) is 14.5. The van der Waals surface area contributed by atoms with Crippen molar-refractivity contribution in [2.24, 2.45) is 0 Å². The van der Waals surface area contributed by atoms with Crippen LogP contribution in [0.15, 0.2) is 0 Å². The molecule has 0 atom stereocenters. The molecule has 0 aromatic carbocycles. The maximum Gasteiger partial charge on any atom is 0.341 e. The van der Waals surface area contributed by atoms with Gasteiger partial charge < -0.3 is 20.0 Å². The number of carboxylic acid groups (broad SMARTS) is 1. The van der Waals surface area contributed by atoms with Crippen LogP contribution in [0, 0.1) is 0 Å². The standard InChI is InChI=1S/C13H15NO5S/c1-2-19-13(18)9-7-5-3-4-6-8(7)20-11(9)14-10(15)12(16)17/h2-6H2,1H3,(H,14,15)(H,16,17)/p-1. The molecule has 1 N–H and O–H groups in total. The zero-order valence-corrected chi connectivity index (χ0v) is 11.8. The monoisotopic (exact) mass is 296 g/mol. The summed E-state index contributed by atoms with van der Waals surface area (Å²) in [5.74, 6) is -3.61. The van der Waals surface area contributed by atoms with E-state index in [1.54, 1.807) is 6.92 Å². The number of ether oxygens (including phenoxy) is 1. The first-order valence-electron chi connectivity index (χ1n) is 6.38. The quantitative estimate of drug-likeness (QED) is 0.647. The minimum absolute atomic E-state index is 0.220. The number of rotatable bonds is 3. The van der Waals surface area contributed by atoms with Crippen LogP contribution in [0.4, 0.5) is 5.00 Å². The van der Waals surface area contributed by atoms with Crippen molar-refractivity contribution in [1.82, 2.24) is 0 Å². The van der Waals surface area contributed by atoms with E-state index in [2.05, 4.69) is 5.32 Å². The van der Waals surface area contributed by atoms with Crippen LogP contribution in [0.3, 0.4) is 0 Å². The number of anilines is 1. The van der Waals surface area contributed by atoms with E-state index < -0.39 is 17.8 Å². The van der Waals surface area contributed by atoms with Gasteiger partial charge >= 0.3 is 5.97 Å². The highest BCUT2D eigenvalue weighted by Crippen LogP contribution is 2.38. The van der Waals surface area contributed by atoms with Gasteiger partial charge in [-0.05, 0) is 38.2 Å². The summed E-state index contributed by atoms with van der Waals surface area (Å²) in [5.41, 5.74) is 1.16. The number of carbonyl (C=O) groups excluding carboxylic acids is 3. The second-order valence-electron chi connectivity index (χ2n) is 4.38. The van der Waals surface area contributed by atoms with Gasteiger partial charge in [0.05, 0.1) is 12.2 Å². The average molecular weight is 296 g/mol. The summed E-state index contributed by atoms with van der Waals surface area (Å²) in [4.78, 5) is 34.8. The molecule has 0 radical (unpaired) electrons. The average Bonchev–Trinajstić information content (AvgIpc) is 2.76. The van der Waals surface area contributed by atoms with Gasteiger partial charge in [-0.1, -0.05) is 0 Å². The molecule has 20 heavy (non-hydrogen) atoms. The maximum atomic E-state index is 12.0. The number of aryl methyl sites for hydroxylation is 1. The lowest BCUT2D eigenvalue weighted by molar-refractivity contribution is -0.299. The molecule has 1 heterocycles. The second-order valence-corrected chi connectivity index (χ2v) is 5.48. The second kappa shape index (κ2) is 6.04. The first-order valence-corrected chi connectivity index (χ1v) is 7.20. The van der Waals surface area contributed by atoms with Crippen LogP contribution in [0.25, 0.3) is 0 Å². The van der Waals surface area contributed by atoms with Crippen molar-refractivity contribution < 1.29 is 24.2 Å². The first-order chi connectivity index (χ1) is 9.54. The molecule has 1 amide bonds. The third kappa shape index (κ3) is 2.82. The number of nitrogens with one attached hydrogen (secondary N) is 1. The highest BCUT2D eigenvalue weighted by molar-refractivity contribution is 7.17. The Morgan fingerprint density at radius 2 is 2.00 bits per heavy atom. The van der Waals surface area contributed by atoms with Crippen LogP contribution >= 0.6 is 11.3 Å². The molecule has 0 saturated carbocycles. The zero-order valence-electron chi connectivity index (χ0n) is 11.0. The third-order valence-corrected chi connectivity index (χ3v) is 4.27. The van der Waals surface area contributed by atoms with Crippen molar-refractivity contribution in [3.05, 3.63) is 16.0 Å². The predicted octanol–water partition coefficient (Wildman–Crippen LogP) is 0.492. The molecule has 1 aromatic heterocycles. The van der Waals surface area contributed by atoms with Gasteiger partial charge in [0.2, 0.25) is 0 Å². The lowest BCUT2D eigenvalue weighted by Gasteiger charge is -2.12. The van der Waals surface area contributed by atoms with Crippen molar-refractivity contribution in [2.45, 2.75) is 32.6 Å². The van der Waals surface area contributed by atoms with E-state index in [-0.39, 0.29) is 11.6 Å². The number of amides is 1. The molecule has 1 aromatic rings. The van der Waals surface area contributed by atoms with Crippen LogP contribution in [0.2, 0.25) is 0 Å². The lowest BCUT2D eigenvalue weighted by atomic mass is 9.95. The molecular formula is C13H14NO5S-. The van der Waals surface area contributed by atoms with Crippen molar-refractivity contribution in [3.63, 3.8) is 0 Å². The van der Waals surface area contributed by atoms with Crippen molar-refractivity contribution in [1.29, 1.82) is 0 Å². The van der Waals surface area contributed by atoms with E-state index in [0.29, 0.717) is 5.56 Å². The molecule has 1 aliphatic rings.